The Hall–Kier alpha value is -6.20. The lowest BCUT2D eigenvalue weighted by atomic mass is 9.91. The molecule has 298 valence electrons. The largest absolute Gasteiger partial charge is 0.489 e. The van der Waals surface area contributed by atoms with Crippen molar-refractivity contribution in [3.05, 3.63) is 177 Å². The highest BCUT2D eigenvalue weighted by Gasteiger charge is 2.37. The fourth-order valence-corrected chi connectivity index (χ4v) is 7.73. The van der Waals surface area contributed by atoms with Gasteiger partial charge >= 0.3 is 5.97 Å². The Labute approximate surface area is 351 Å². The number of nitrogens with zero attached hydrogens (tertiary/aromatic N) is 2. The highest BCUT2D eigenvalue weighted by Crippen LogP contribution is 2.40. The van der Waals surface area contributed by atoms with E-state index in [0.717, 1.165) is 39.1 Å². The summed E-state index contributed by atoms with van der Waals surface area (Å²) < 4.78 is 12.3. The Morgan fingerprint density at radius 2 is 1.63 bits per heavy atom. The van der Waals surface area contributed by atoms with Gasteiger partial charge in [-0.25, -0.2) is 4.79 Å². The maximum absolute atomic E-state index is 14.1. The Balaban J connectivity index is 0.975. The van der Waals surface area contributed by atoms with Crippen LogP contribution in [0.5, 0.6) is 11.5 Å². The summed E-state index contributed by atoms with van der Waals surface area (Å²) >= 11 is 12.2. The number of hydrogen-bond acceptors (Lipinski definition) is 7. The molecule has 10 nitrogen and oxygen atoms in total. The number of pyridine rings is 1. The number of carbonyl (C=O) groups is 3. The van der Waals surface area contributed by atoms with Gasteiger partial charge in [0.25, 0.3) is 5.91 Å². The van der Waals surface area contributed by atoms with Crippen molar-refractivity contribution in [1.29, 1.82) is 0 Å². The van der Waals surface area contributed by atoms with Crippen LogP contribution in [0.25, 0.3) is 11.1 Å². The molecule has 8 rings (SSSR count). The van der Waals surface area contributed by atoms with Crippen LogP contribution in [0.1, 0.15) is 45.2 Å². The van der Waals surface area contributed by atoms with Gasteiger partial charge in [0.05, 0.1) is 27.5 Å². The van der Waals surface area contributed by atoms with Gasteiger partial charge in [-0.3, -0.25) is 19.5 Å². The van der Waals surface area contributed by atoms with Crippen LogP contribution in [-0.4, -0.2) is 44.9 Å². The number of carboxylic acids is 1. The fourth-order valence-electron chi connectivity index (χ4n) is 7.41. The molecule has 3 heterocycles. The van der Waals surface area contributed by atoms with Crippen LogP contribution in [0.2, 0.25) is 10.0 Å². The molecule has 5 aromatic carbocycles. The van der Waals surface area contributed by atoms with E-state index in [9.17, 15) is 19.5 Å². The minimum atomic E-state index is -1.15. The smallest absolute Gasteiger partial charge is 0.326 e. The third-order valence-electron chi connectivity index (χ3n) is 10.6. The minimum Gasteiger partial charge on any atom is -0.489 e. The summed E-state index contributed by atoms with van der Waals surface area (Å²) in [6.07, 6.45) is 1.20. The third-order valence-corrected chi connectivity index (χ3v) is 11.4. The zero-order valence-electron chi connectivity index (χ0n) is 32.0. The average molecular weight is 828 g/mol. The number of ether oxygens (including phenoxy) is 2. The van der Waals surface area contributed by atoms with Crippen molar-refractivity contribution >= 4 is 46.7 Å². The number of fused-ring (bicyclic) bond motifs is 2. The molecule has 0 spiro atoms. The first-order chi connectivity index (χ1) is 28.6. The van der Waals surface area contributed by atoms with Gasteiger partial charge in [-0.15, -0.1) is 0 Å². The van der Waals surface area contributed by atoms with Crippen LogP contribution >= 0.6 is 23.2 Å². The second-order valence-electron chi connectivity index (χ2n) is 14.8. The molecule has 6 aromatic rings. The van der Waals surface area contributed by atoms with E-state index in [4.69, 9.17) is 32.7 Å². The molecule has 3 N–H and O–H groups in total. The normalized spacial score (nSPS) is 16.5. The number of hydrogen-bond donors (Lipinski definition) is 3. The molecule has 1 aromatic heterocycles. The molecule has 12 heteroatoms. The maximum atomic E-state index is 14.1. The molecule has 0 bridgehead atoms. The van der Waals surface area contributed by atoms with Crippen molar-refractivity contribution in [1.82, 2.24) is 15.2 Å². The average Bonchev–Trinajstić information content (AvgIpc) is 3.24. The molecular weight excluding hydrogens is 787 g/mol. The van der Waals surface area contributed by atoms with Gasteiger partial charge in [0.15, 0.2) is 0 Å². The number of anilines is 1. The van der Waals surface area contributed by atoms with Crippen LogP contribution in [0.4, 0.5) is 5.69 Å². The lowest BCUT2D eigenvalue weighted by Crippen LogP contribution is -2.54. The van der Waals surface area contributed by atoms with Crippen LogP contribution in [0.15, 0.2) is 128 Å². The quantitative estimate of drug-likeness (QED) is 0.112. The van der Waals surface area contributed by atoms with Crippen LogP contribution in [0, 0.1) is 6.92 Å². The van der Waals surface area contributed by atoms with Gasteiger partial charge in [-0.05, 0) is 95.3 Å². The molecule has 0 fully saturated rings. The Kier molecular flexibility index (Phi) is 11.6. The first kappa shape index (κ1) is 39.6. The van der Waals surface area contributed by atoms with Gasteiger partial charge in [-0.1, -0.05) is 102 Å². The van der Waals surface area contributed by atoms with Crippen molar-refractivity contribution in [2.75, 3.05) is 5.32 Å². The van der Waals surface area contributed by atoms with E-state index in [-0.39, 0.29) is 18.7 Å². The molecule has 59 heavy (non-hydrogen) atoms. The summed E-state index contributed by atoms with van der Waals surface area (Å²) in [5.74, 6) is -0.743. The fraction of sp³-hybridized carbons (Fsp3) is 0.191. The van der Waals surface area contributed by atoms with Crippen molar-refractivity contribution in [3.63, 3.8) is 0 Å². The van der Waals surface area contributed by atoms with Gasteiger partial charge < -0.3 is 25.2 Å². The number of rotatable bonds is 12. The van der Waals surface area contributed by atoms with Gasteiger partial charge in [-0.2, -0.15) is 0 Å². The number of aryl methyl sites for hydroxylation is 1. The standard InChI is InChI=1S/C47H40Cl2N4O6/c1-28-5-10-31(11-6-28)32-12-7-29(8-13-32)21-41(47(56)57)52-45(54)42-23-34-22-40-43(24-35(34)25-53(42)26-36-4-2-3-19-50-36)59-44(46(55)51-40)33-14-16-37(17-15-33)58-27-30-9-18-38(48)39(49)20-30/h2-20,22,24,41-42,44H,21,23,25-27H2,1H3,(H,51,55)(H,52,54)(H,56,57)/t41?,42-,44-/m0/s1. The number of aliphatic carboxylic acids is 1. The van der Waals surface area contributed by atoms with Crippen molar-refractivity contribution < 1.29 is 29.0 Å². The molecule has 1 unspecified atom stereocenters. The summed E-state index contributed by atoms with van der Waals surface area (Å²) in [6, 6.07) is 35.9. The topological polar surface area (TPSA) is 130 Å². The van der Waals surface area contributed by atoms with E-state index in [0.29, 0.717) is 52.5 Å². The van der Waals surface area contributed by atoms with Gasteiger partial charge in [0, 0.05) is 31.3 Å². The number of nitrogens with one attached hydrogen (secondary N) is 2. The molecule has 3 atom stereocenters. The summed E-state index contributed by atoms with van der Waals surface area (Å²) in [4.78, 5) is 46.6. The monoisotopic (exact) mass is 826 g/mol. The molecule has 0 saturated carbocycles. The number of benzene rings is 5. The van der Waals surface area contributed by atoms with E-state index >= 15 is 0 Å². The predicted octanol–water partition coefficient (Wildman–Crippen LogP) is 8.75. The SMILES string of the molecule is Cc1ccc(-c2ccc(CC(NC(=O)[C@@H]3Cc4cc5c(cc4CN3Cc3ccccn3)O[C@@H](c3ccc(OCc4ccc(Cl)c(Cl)c4)cc3)C(=O)N5)C(=O)O)cc2)cc1. The van der Waals surface area contributed by atoms with Crippen molar-refractivity contribution in [2.24, 2.45) is 0 Å². The Morgan fingerprint density at radius 3 is 2.32 bits per heavy atom. The lowest BCUT2D eigenvalue weighted by molar-refractivity contribution is -0.142. The maximum Gasteiger partial charge on any atom is 0.326 e. The van der Waals surface area contributed by atoms with Gasteiger partial charge in [0.2, 0.25) is 12.0 Å². The predicted molar refractivity (Wildman–Crippen MR) is 227 cm³/mol. The molecular formula is C47H40Cl2N4O6. The highest BCUT2D eigenvalue weighted by atomic mass is 35.5. The zero-order chi connectivity index (χ0) is 41.0. The summed E-state index contributed by atoms with van der Waals surface area (Å²) in [7, 11) is 0. The second-order valence-corrected chi connectivity index (χ2v) is 15.6. The second kappa shape index (κ2) is 17.3. The zero-order valence-corrected chi connectivity index (χ0v) is 33.5. The Morgan fingerprint density at radius 1 is 0.898 bits per heavy atom. The molecule has 0 saturated heterocycles. The molecule has 2 aliphatic heterocycles. The number of carboxylic acid groups (broad SMARTS) is 1. The number of halogens is 2. The van der Waals surface area contributed by atoms with Crippen molar-refractivity contribution in [2.45, 2.75) is 57.6 Å². The molecule has 0 aliphatic carbocycles. The van der Waals surface area contributed by atoms with Gasteiger partial charge in [0.1, 0.15) is 24.1 Å². The molecule has 2 aliphatic rings. The molecule has 0 radical (unpaired) electrons. The van der Waals surface area contributed by atoms with E-state index in [1.54, 1.807) is 42.6 Å². The summed E-state index contributed by atoms with van der Waals surface area (Å²) in [5.41, 5.74) is 8.61. The number of aromatic nitrogens is 1. The van der Waals surface area contributed by atoms with E-state index in [1.165, 1.54) is 5.56 Å². The lowest BCUT2D eigenvalue weighted by Gasteiger charge is -2.37. The third kappa shape index (κ3) is 9.26. The Bertz CT molecular complexity index is 2500. The molecule has 2 amide bonds. The first-order valence-corrected chi connectivity index (χ1v) is 19.9. The van der Waals surface area contributed by atoms with E-state index < -0.39 is 30.1 Å². The van der Waals surface area contributed by atoms with Crippen molar-refractivity contribution in [3.8, 4) is 22.6 Å². The van der Waals surface area contributed by atoms with Crippen LogP contribution < -0.4 is 20.1 Å². The summed E-state index contributed by atoms with van der Waals surface area (Å²) in [5, 5.41) is 17.0. The first-order valence-electron chi connectivity index (χ1n) is 19.2. The van der Waals surface area contributed by atoms with E-state index in [2.05, 4.69) is 39.9 Å². The highest BCUT2D eigenvalue weighted by molar-refractivity contribution is 6.42. The van der Waals surface area contributed by atoms with Crippen LogP contribution in [0.3, 0.4) is 0 Å². The van der Waals surface area contributed by atoms with E-state index in [1.807, 2.05) is 72.5 Å². The number of carbonyl (C=O) groups excluding carboxylic acids is 2. The van der Waals surface area contributed by atoms with Crippen LogP contribution in [-0.2, 0) is 46.9 Å². The minimum absolute atomic E-state index is 0.116. The number of amides is 2. The summed E-state index contributed by atoms with van der Waals surface area (Å²) in [6.45, 7) is 3.05.